The lowest BCUT2D eigenvalue weighted by Gasteiger charge is -2.14. The summed E-state index contributed by atoms with van der Waals surface area (Å²) >= 11 is 0. The summed E-state index contributed by atoms with van der Waals surface area (Å²) < 4.78 is 52.0. The zero-order valence-electron chi connectivity index (χ0n) is 16.4. The quantitative estimate of drug-likeness (QED) is 0.608. The van der Waals surface area contributed by atoms with Gasteiger partial charge in [0.2, 0.25) is 5.71 Å². The van der Waals surface area contributed by atoms with Crippen molar-refractivity contribution in [3.63, 3.8) is 0 Å². The lowest BCUT2D eigenvalue weighted by atomic mass is 10.2. The van der Waals surface area contributed by atoms with Crippen LogP contribution in [0.3, 0.4) is 0 Å². The lowest BCUT2D eigenvalue weighted by molar-refractivity contribution is -0.274. The number of carbonyl (C=O) groups is 2. The standard InChI is InChI=1S/C19H16F3N3O6/c1-9-13(14-16(29-9)23-8-25(3)17(14)27)18(28)30-10(2)15(26)24-11-4-6-12(7-5-11)31-19(20,21)22/h4-8,10H,1-3H3,(H,24,26). The Morgan fingerprint density at radius 2 is 1.87 bits per heavy atom. The molecule has 0 bridgehead atoms. The Hall–Kier alpha value is -3.83. The number of nitrogens with one attached hydrogen (secondary N) is 1. The molecule has 164 valence electrons. The Balaban J connectivity index is 1.71. The van der Waals surface area contributed by atoms with E-state index in [-0.39, 0.29) is 28.1 Å². The predicted molar refractivity (Wildman–Crippen MR) is 101 cm³/mol. The number of ether oxygens (including phenoxy) is 2. The Morgan fingerprint density at radius 3 is 2.48 bits per heavy atom. The molecule has 0 aliphatic heterocycles. The van der Waals surface area contributed by atoms with Crippen molar-refractivity contribution >= 4 is 28.7 Å². The Bertz CT molecular complexity index is 1200. The molecule has 12 heteroatoms. The van der Waals surface area contributed by atoms with E-state index in [4.69, 9.17) is 9.15 Å². The van der Waals surface area contributed by atoms with Crippen LogP contribution >= 0.6 is 0 Å². The summed E-state index contributed by atoms with van der Waals surface area (Å²) in [6.45, 7) is 2.75. The summed E-state index contributed by atoms with van der Waals surface area (Å²) in [7, 11) is 1.45. The minimum absolute atomic E-state index is 0.0363. The number of esters is 1. The van der Waals surface area contributed by atoms with Crippen molar-refractivity contribution in [1.82, 2.24) is 9.55 Å². The first-order valence-electron chi connectivity index (χ1n) is 8.78. The van der Waals surface area contributed by atoms with Crippen molar-refractivity contribution < 1.29 is 36.7 Å². The molecule has 1 atom stereocenters. The summed E-state index contributed by atoms with van der Waals surface area (Å²) in [4.78, 5) is 41.2. The molecule has 3 rings (SSSR count). The molecule has 31 heavy (non-hydrogen) atoms. The highest BCUT2D eigenvalue weighted by Gasteiger charge is 2.31. The van der Waals surface area contributed by atoms with E-state index >= 15 is 0 Å². The van der Waals surface area contributed by atoms with Gasteiger partial charge in [0.15, 0.2) is 6.10 Å². The molecule has 0 spiro atoms. The second kappa shape index (κ2) is 8.13. The number of aryl methyl sites for hydroxylation is 2. The van der Waals surface area contributed by atoms with Crippen molar-refractivity contribution in [1.29, 1.82) is 0 Å². The molecular formula is C19H16F3N3O6. The van der Waals surface area contributed by atoms with Crippen LogP contribution in [0.1, 0.15) is 23.0 Å². The maximum atomic E-state index is 12.6. The largest absolute Gasteiger partial charge is 0.573 e. The van der Waals surface area contributed by atoms with Crippen LogP contribution in [0, 0.1) is 6.92 Å². The molecule has 1 N–H and O–H groups in total. The highest BCUT2D eigenvalue weighted by molar-refractivity contribution is 6.04. The van der Waals surface area contributed by atoms with Crippen LogP contribution < -0.4 is 15.6 Å². The highest BCUT2D eigenvalue weighted by Crippen LogP contribution is 2.25. The van der Waals surface area contributed by atoms with Crippen LogP contribution in [0.15, 0.2) is 39.8 Å². The predicted octanol–water partition coefficient (Wildman–Crippen LogP) is 2.92. The SMILES string of the molecule is Cc1oc2ncn(C)c(=O)c2c1C(=O)OC(C)C(=O)Nc1ccc(OC(F)(F)F)cc1. The first-order chi connectivity index (χ1) is 14.5. The molecular weight excluding hydrogens is 423 g/mol. The summed E-state index contributed by atoms with van der Waals surface area (Å²) in [5.74, 6) is -2.06. The number of alkyl halides is 3. The summed E-state index contributed by atoms with van der Waals surface area (Å²) in [6.07, 6.45) is -4.88. The van der Waals surface area contributed by atoms with Gasteiger partial charge in [0.25, 0.3) is 11.5 Å². The maximum Gasteiger partial charge on any atom is 0.573 e. The van der Waals surface area contributed by atoms with Crippen LogP contribution in [0.5, 0.6) is 5.75 Å². The molecule has 0 radical (unpaired) electrons. The number of aromatic nitrogens is 2. The van der Waals surface area contributed by atoms with Gasteiger partial charge in [-0.25, -0.2) is 9.78 Å². The number of fused-ring (bicyclic) bond motifs is 1. The average molecular weight is 439 g/mol. The van der Waals surface area contributed by atoms with Crippen LogP contribution in [0.25, 0.3) is 11.1 Å². The minimum atomic E-state index is -4.83. The van der Waals surface area contributed by atoms with Crippen molar-refractivity contribution in [3.05, 3.63) is 52.3 Å². The monoisotopic (exact) mass is 439 g/mol. The average Bonchev–Trinajstić information content (AvgIpc) is 3.02. The van der Waals surface area contributed by atoms with Crippen LogP contribution in [0.2, 0.25) is 0 Å². The maximum absolute atomic E-state index is 12.6. The number of furan rings is 1. The van der Waals surface area contributed by atoms with Gasteiger partial charge in [0.1, 0.15) is 28.8 Å². The fourth-order valence-corrected chi connectivity index (χ4v) is 2.69. The molecule has 1 amide bonds. The number of amides is 1. The number of halogens is 3. The first kappa shape index (κ1) is 21.9. The third-order valence-corrected chi connectivity index (χ3v) is 4.16. The van der Waals surface area contributed by atoms with E-state index in [1.165, 1.54) is 39.4 Å². The number of carbonyl (C=O) groups excluding carboxylic acids is 2. The smallest absolute Gasteiger partial charge is 0.449 e. The number of hydrogen-bond acceptors (Lipinski definition) is 7. The van der Waals surface area contributed by atoms with Gasteiger partial charge in [0.05, 0.1) is 0 Å². The van der Waals surface area contributed by atoms with Crippen LogP contribution in [0.4, 0.5) is 18.9 Å². The van der Waals surface area contributed by atoms with Gasteiger partial charge in [-0.15, -0.1) is 13.2 Å². The highest BCUT2D eigenvalue weighted by atomic mass is 19.4. The second-order valence-corrected chi connectivity index (χ2v) is 6.48. The zero-order valence-corrected chi connectivity index (χ0v) is 16.4. The van der Waals surface area contributed by atoms with E-state index in [0.29, 0.717) is 0 Å². The van der Waals surface area contributed by atoms with E-state index in [1.807, 2.05) is 0 Å². The molecule has 1 aromatic carbocycles. The minimum Gasteiger partial charge on any atom is -0.449 e. The van der Waals surface area contributed by atoms with Crippen molar-refractivity contribution in [2.45, 2.75) is 26.3 Å². The van der Waals surface area contributed by atoms with Crippen molar-refractivity contribution in [2.24, 2.45) is 7.05 Å². The van der Waals surface area contributed by atoms with E-state index in [2.05, 4.69) is 15.0 Å². The summed E-state index contributed by atoms with van der Waals surface area (Å²) in [6, 6.07) is 4.42. The molecule has 2 heterocycles. The summed E-state index contributed by atoms with van der Waals surface area (Å²) in [5, 5.41) is 2.33. The Labute approximate surface area is 172 Å². The fourth-order valence-electron chi connectivity index (χ4n) is 2.69. The summed E-state index contributed by atoms with van der Waals surface area (Å²) in [5.41, 5.74) is -0.541. The molecule has 1 unspecified atom stereocenters. The lowest BCUT2D eigenvalue weighted by Crippen LogP contribution is -2.30. The van der Waals surface area contributed by atoms with Crippen molar-refractivity contribution in [3.8, 4) is 5.75 Å². The van der Waals surface area contributed by atoms with E-state index in [0.717, 1.165) is 16.7 Å². The van der Waals surface area contributed by atoms with Gasteiger partial charge < -0.3 is 23.8 Å². The number of anilines is 1. The van der Waals surface area contributed by atoms with E-state index in [9.17, 15) is 27.6 Å². The molecule has 3 aromatic rings. The topological polar surface area (TPSA) is 113 Å². The first-order valence-corrected chi connectivity index (χ1v) is 8.78. The Kier molecular flexibility index (Phi) is 5.73. The molecule has 0 aliphatic rings. The second-order valence-electron chi connectivity index (χ2n) is 6.48. The van der Waals surface area contributed by atoms with Crippen molar-refractivity contribution in [2.75, 3.05) is 5.32 Å². The molecule has 0 fully saturated rings. The van der Waals surface area contributed by atoms with E-state index in [1.54, 1.807) is 0 Å². The Morgan fingerprint density at radius 1 is 1.23 bits per heavy atom. The van der Waals surface area contributed by atoms with Gasteiger partial charge in [-0.05, 0) is 38.1 Å². The number of hydrogen-bond donors (Lipinski definition) is 1. The van der Waals surface area contributed by atoms with Crippen LogP contribution in [-0.2, 0) is 16.6 Å². The van der Waals surface area contributed by atoms with E-state index < -0.39 is 35.7 Å². The van der Waals surface area contributed by atoms with Gasteiger partial charge in [-0.1, -0.05) is 0 Å². The normalized spacial score (nSPS) is 12.5. The third-order valence-electron chi connectivity index (χ3n) is 4.16. The third kappa shape index (κ3) is 4.85. The van der Waals surface area contributed by atoms with Gasteiger partial charge in [0, 0.05) is 12.7 Å². The van der Waals surface area contributed by atoms with Gasteiger partial charge >= 0.3 is 12.3 Å². The van der Waals surface area contributed by atoms with Gasteiger partial charge in [-0.2, -0.15) is 0 Å². The molecule has 2 aromatic heterocycles. The number of rotatable bonds is 5. The molecule has 0 saturated carbocycles. The molecule has 9 nitrogen and oxygen atoms in total. The molecule has 0 saturated heterocycles. The zero-order chi connectivity index (χ0) is 22.9. The van der Waals surface area contributed by atoms with Gasteiger partial charge in [-0.3, -0.25) is 9.59 Å². The number of benzene rings is 1. The fraction of sp³-hybridized carbons (Fsp3) is 0.263. The van der Waals surface area contributed by atoms with Crippen LogP contribution in [-0.4, -0.2) is 33.9 Å². The number of nitrogens with zero attached hydrogens (tertiary/aromatic N) is 2. The molecule has 0 aliphatic carbocycles.